The Balaban J connectivity index is 1.10. The van der Waals surface area contributed by atoms with E-state index in [0.717, 1.165) is 0 Å². The van der Waals surface area contributed by atoms with Crippen LogP contribution in [0.3, 0.4) is 0 Å². The Kier molecular flexibility index (Phi) is 2.76. The minimum Gasteiger partial charge on any atom is -0.465 e. The van der Waals surface area contributed by atoms with E-state index < -0.39 is 28.2 Å². The molecule has 0 atom stereocenters. The van der Waals surface area contributed by atoms with Crippen molar-refractivity contribution >= 4 is 303 Å². The first kappa shape index (κ1) is 29.9. The van der Waals surface area contributed by atoms with Gasteiger partial charge in [0.05, 0.1) is 24.0 Å². The summed E-state index contributed by atoms with van der Waals surface area (Å²) in [7, 11) is 0. The van der Waals surface area contributed by atoms with Crippen LogP contribution in [-0.4, -0.2) is 38.2 Å². The molecule has 0 amide bonds. The molecule has 2 spiro atoms. The summed E-state index contributed by atoms with van der Waals surface area (Å²) in [6.45, 7) is 1.08. The first-order valence-electron chi connectivity index (χ1n) is 27.7. The molecule has 0 aliphatic heterocycles. The fraction of sp³-hybridized carbons (Fsp3) is 0.130. The molecule has 6 heteroatoms. The SMILES string of the molecule is NCCCOC(=O)C1(C(=O)OCCCN)C23c4c5c6c7c8c9c(c%10c%11c2c2c4c4c%12c5c5c6c6c8c8c%13c9c9c%10c%10c%11c%11c2c2c4c4c%12c%12c5c5c6c8c6c8c%13c9c9c%10c%10c%11c2c2c4c4c%12c5c6c5c8c9c%10c2c45)C713. The lowest BCUT2D eigenvalue weighted by Crippen LogP contribution is -2.39. The second kappa shape index (κ2) is 6.94. The normalized spacial score (nSPS) is 19.5. The summed E-state index contributed by atoms with van der Waals surface area (Å²) in [6.07, 6.45) is 1.03. The van der Waals surface area contributed by atoms with E-state index in [-0.39, 0.29) is 13.2 Å². The molecule has 4 N–H and O–H groups in total. The molecule has 1 fully saturated rings. The van der Waals surface area contributed by atoms with Gasteiger partial charge in [-0.25, -0.2) is 0 Å². The molecule has 326 valence electrons. The Morgan fingerprint density at radius 3 is 0.507 bits per heavy atom. The van der Waals surface area contributed by atoms with Gasteiger partial charge in [-0.3, -0.25) is 9.59 Å². The molecular formula is C69H16N2O4. The van der Waals surface area contributed by atoms with Crippen molar-refractivity contribution in [3.63, 3.8) is 0 Å². The maximum atomic E-state index is 17.0. The number of hydrogen-bond donors (Lipinski definition) is 2. The van der Waals surface area contributed by atoms with E-state index in [1.54, 1.807) is 53.9 Å². The van der Waals surface area contributed by atoms with Gasteiger partial charge in [0.15, 0.2) is 5.41 Å². The third kappa shape index (κ3) is 1.62. The van der Waals surface area contributed by atoms with Crippen LogP contribution in [-0.2, 0) is 29.9 Å². The van der Waals surface area contributed by atoms with Crippen LogP contribution in [0.25, 0.3) is 291 Å². The van der Waals surface area contributed by atoms with Crippen molar-refractivity contribution in [2.24, 2.45) is 16.9 Å². The molecule has 1 saturated carbocycles. The van der Waals surface area contributed by atoms with Crippen molar-refractivity contribution in [1.82, 2.24) is 0 Å². The predicted molar refractivity (Wildman–Crippen MR) is 306 cm³/mol. The molecule has 0 unspecified atom stereocenters. The molecule has 75 heavy (non-hydrogen) atoms. The minimum atomic E-state index is -1.74. The Labute approximate surface area is 408 Å². The number of hydrogen-bond acceptors (Lipinski definition) is 6. The van der Waals surface area contributed by atoms with E-state index in [1.807, 2.05) is 0 Å². The van der Waals surface area contributed by atoms with E-state index >= 15 is 9.59 Å². The first-order valence-corrected chi connectivity index (χ1v) is 27.7. The molecule has 0 bridgehead atoms. The lowest BCUT2D eigenvalue weighted by atomic mass is 9.68. The molecule has 28 aromatic carbocycles. The number of esters is 2. The summed E-state index contributed by atoms with van der Waals surface area (Å²) in [6, 6.07) is 0. The van der Waals surface area contributed by atoms with E-state index in [0.29, 0.717) is 25.9 Å². The molecule has 0 radical (unpaired) electrons. The number of carbonyl (C=O) groups is 2. The molecule has 6 nitrogen and oxygen atoms in total. The third-order valence-corrected chi connectivity index (χ3v) is 26.2. The average Bonchev–Trinajstić information content (AvgIpc) is 3.76. The van der Waals surface area contributed by atoms with Gasteiger partial charge in [0.1, 0.15) is 0 Å². The van der Waals surface area contributed by atoms with Crippen LogP contribution in [0.1, 0.15) is 35.1 Å². The molecule has 28 aromatic rings. The highest BCUT2D eigenvalue weighted by molar-refractivity contribution is 6.82. The lowest BCUT2D eigenvalue weighted by Gasteiger charge is -2.32. The van der Waals surface area contributed by atoms with Gasteiger partial charge in [0, 0.05) is 0 Å². The predicted octanol–water partition coefficient (Wildman–Crippen LogP) is 15.1. The van der Waals surface area contributed by atoms with Crippen molar-refractivity contribution < 1.29 is 19.1 Å². The van der Waals surface area contributed by atoms with Crippen molar-refractivity contribution in [2.75, 3.05) is 26.3 Å². The quantitative estimate of drug-likeness (QED) is 0.0681. The second-order valence-electron chi connectivity index (χ2n) is 26.6. The summed E-state index contributed by atoms with van der Waals surface area (Å²) < 4.78 is 13.7. The summed E-state index contributed by atoms with van der Waals surface area (Å²) in [5, 5.41) is 79.3. The maximum Gasteiger partial charge on any atom is 0.326 e. The fourth-order valence-electron chi connectivity index (χ4n) is 26.0. The van der Waals surface area contributed by atoms with Gasteiger partial charge in [0.25, 0.3) is 0 Å². The third-order valence-electron chi connectivity index (χ3n) is 26.2. The highest BCUT2D eigenvalue weighted by Crippen LogP contribution is 2.96. The van der Waals surface area contributed by atoms with Crippen LogP contribution in [0.2, 0.25) is 0 Å². The highest BCUT2D eigenvalue weighted by atomic mass is 16.6. The molecular weight excluding hydrogens is 921 g/mol. The number of rotatable bonds is 8. The molecule has 0 saturated heterocycles. The summed E-state index contributed by atoms with van der Waals surface area (Å²) in [4.78, 5) is 33.9. The zero-order valence-corrected chi connectivity index (χ0v) is 38.5. The second-order valence-corrected chi connectivity index (χ2v) is 26.6. The monoisotopic (exact) mass is 936 g/mol. The number of ether oxygens (including phenoxy) is 2. The van der Waals surface area contributed by atoms with Gasteiger partial charge >= 0.3 is 11.9 Å². The van der Waals surface area contributed by atoms with E-state index in [9.17, 15) is 0 Å². The Morgan fingerprint density at radius 1 is 0.240 bits per heavy atom. The van der Waals surface area contributed by atoms with Crippen LogP contribution in [0, 0.1) is 5.41 Å². The zero-order chi connectivity index (χ0) is 45.8. The van der Waals surface area contributed by atoms with Crippen molar-refractivity contribution in [3.05, 3.63) is 22.3 Å². The van der Waals surface area contributed by atoms with E-state index in [1.165, 1.54) is 259 Å². The molecule has 5 aliphatic rings. The van der Waals surface area contributed by atoms with E-state index in [2.05, 4.69) is 0 Å². The fourth-order valence-corrected chi connectivity index (χ4v) is 26.0. The molecule has 33 rings (SSSR count). The summed E-state index contributed by atoms with van der Waals surface area (Å²) in [5.41, 5.74) is 13.6. The van der Waals surface area contributed by atoms with Crippen molar-refractivity contribution in [1.29, 1.82) is 0 Å². The van der Waals surface area contributed by atoms with Gasteiger partial charge in [-0.1, -0.05) is 0 Å². The standard InChI is InChI=1S/C69H16N2O4/c70-3-1-5-74-65(72)69(66(73)75-6-2-4-71)67-61-53-45-35-25-17-9-7-8-11-15-13(9)21-29-23(15)33-27-19(11)20-12(8)16-14-10(7)18(17)26-32-22(14)30-24(16)34-28(20)38-37(27)47-41(33)51-43(29)49(39(45)31(21)25)57(61)59(51)63-55(47)56-48(38)42(34)52-44(30)50-40(32)46(36(26)35)54(53)62(67)58(50)60(52)64(56)68(63,67)69/h1-6,70-71H2. The van der Waals surface area contributed by atoms with Crippen molar-refractivity contribution in [2.45, 2.75) is 23.7 Å². The highest BCUT2D eigenvalue weighted by Gasteiger charge is 3.01. The van der Waals surface area contributed by atoms with Crippen LogP contribution in [0.4, 0.5) is 0 Å². The number of benzene rings is 18. The summed E-state index contributed by atoms with van der Waals surface area (Å²) in [5.74, 6) is -0.854. The zero-order valence-electron chi connectivity index (χ0n) is 38.5. The molecule has 5 aliphatic carbocycles. The smallest absolute Gasteiger partial charge is 0.326 e. The van der Waals surface area contributed by atoms with Crippen LogP contribution in [0.5, 0.6) is 0 Å². The minimum absolute atomic E-state index is 0.151. The lowest BCUT2D eigenvalue weighted by molar-refractivity contribution is -0.166. The topological polar surface area (TPSA) is 105 Å². The van der Waals surface area contributed by atoms with Gasteiger partial charge in [-0.2, -0.15) is 0 Å². The Bertz CT molecular complexity index is 6810. The molecule has 0 aromatic heterocycles. The summed E-state index contributed by atoms with van der Waals surface area (Å²) >= 11 is 0. The Hall–Kier alpha value is -8.68. The van der Waals surface area contributed by atoms with Crippen LogP contribution < -0.4 is 11.5 Å². The van der Waals surface area contributed by atoms with Gasteiger partial charge in [-0.05, 0) is 339 Å². The van der Waals surface area contributed by atoms with E-state index in [4.69, 9.17) is 20.9 Å². The first-order chi connectivity index (χ1) is 37.2. The van der Waals surface area contributed by atoms with Gasteiger partial charge in [-0.15, -0.1) is 0 Å². The average molecular weight is 937 g/mol. The number of nitrogens with two attached hydrogens (primary N) is 2. The Morgan fingerprint density at radius 2 is 0.373 bits per heavy atom. The largest absolute Gasteiger partial charge is 0.465 e. The van der Waals surface area contributed by atoms with Crippen LogP contribution in [0.15, 0.2) is 0 Å². The maximum absolute atomic E-state index is 17.0. The molecule has 0 heterocycles. The van der Waals surface area contributed by atoms with Gasteiger partial charge < -0.3 is 20.9 Å². The van der Waals surface area contributed by atoms with Crippen LogP contribution >= 0.6 is 0 Å². The van der Waals surface area contributed by atoms with Crippen molar-refractivity contribution in [3.8, 4) is 0 Å². The van der Waals surface area contributed by atoms with Gasteiger partial charge in [0.2, 0.25) is 0 Å². The number of carbonyl (C=O) groups excluding carboxylic acids is 2.